The van der Waals surface area contributed by atoms with E-state index >= 15 is 0 Å². The smallest absolute Gasteiger partial charge is 0.341 e. The van der Waals surface area contributed by atoms with E-state index in [4.69, 9.17) is 16.7 Å². The van der Waals surface area contributed by atoms with Crippen LogP contribution < -0.4 is 4.90 Å². The highest BCUT2D eigenvalue weighted by molar-refractivity contribution is 6.28. The van der Waals surface area contributed by atoms with Crippen molar-refractivity contribution >= 4 is 29.1 Å². The molecule has 18 heavy (non-hydrogen) atoms. The Morgan fingerprint density at radius 3 is 2.78 bits per heavy atom. The molecule has 0 aliphatic heterocycles. The molecular weight excluding hydrogens is 258 g/mol. The van der Waals surface area contributed by atoms with E-state index in [2.05, 4.69) is 15.1 Å². The van der Waals surface area contributed by atoms with Crippen LogP contribution in [0.15, 0.2) is 18.6 Å². The van der Waals surface area contributed by atoms with Crippen LogP contribution in [0.4, 0.5) is 11.5 Å². The quantitative estimate of drug-likeness (QED) is 0.845. The maximum absolute atomic E-state index is 11.1. The van der Waals surface area contributed by atoms with Gasteiger partial charge in [-0.3, -0.25) is 4.68 Å². The number of aryl methyl sites for hydroxylation is 1. The molecule has 0 atom stereocenters. The van der Waals surface area contributed by atoms with Gasteiger partial charge in [0, 0.05) is 26.5 Å². The molecular formula is C10H10ClN5O2. The van der Waals surface area contributed by atoms with Gasteiger partial charge < -0.3 is 10.0 Å². The summed E-state index contributed by atoms with van der Waals surface area (Å²) in [4.78, 5) is 20.3. The van der Waals surface area contributed by atoms with Crippen molar-refractivity contribution in [2.24, 2.45) is 7.05 Å². The summed E-state index contributed by atoms with van der Waals surface area (Å²) in [6.45, 7) is 0. The number of nitrogens with zero attached hydrogens (tertiary/aromatic N) is 5. The minimum Gasteiger partial charge on any atom is -0.477 e. The molecule has 2 rings (SSSR count). The van der Waals surface area contributed by atoms with Gasteiger partial charge in [-0.05, 0) is 11.6 Å². The third-order valence-corrected chi connectivity index (χ3v) is 2.55. The van der Waals surface area contributed by atoms with Gasteiger partial charge in [0.1, 0.15) is 5.56 Å². The summed E-state index contributed by atoms with van der Waals surface area (Å²) in [6, 6.07) is 0. The van der Waals surface area contributed by atoms with Crippen molar-refractivity contribution in [3.63, 3.8) is 0 Å². The molecule has 2 aromatic rings. The van der Waals surface area contributed by atoms with Crippen molar-refractivity contribution in [1.29, 1.82) is 0 Å². The van der Waals surface area contributed by atoms with Crippen LogP contribution >= 0.6 is 11.6 Å². The molecule has 2 aromatic heterocycles. The molecule has 0 aliphatic rings. The van der Waals surface area contributed by atoms with Gasteiger partial charge in [-0.15, -0.1) is 0 Å². The maximum Gasteiger partial charge on any atom is 0.341 e. The van der Waals surface area contributed by atoms with Gasteiger partial charge >= 0.3 is 5.97 Å². The lowest BCUT2D eigenvalue weighted by Gasteiger charge is -2.17. The maximum atomic E-state index is 11.1. The van der Waals surface area contributed by atoms with E-state index in [1.54, 1.807) is 36.1 Å². The second-order valence-corrected chi connectivity index (χ2v) is 3.95. The molecule has 1 N–H and O–H groups in total. The van der Waals surface area contributed by atoms with Crippen LogP contribution in [0.3, 0.4) is 0 Å². The molecule has 0 spiro atoms. The fraction of sp³-hybridized carbons (Fsp3) is 0.200. The number of aromatic nitrogens is 4. The average molecular weight is 268 g/mol. The number of carbonyl (C=O) groups is 1. The van der Waals surface area contributed by atoms with E-state index in [0.29, 0.717) is 5.69 Å². The first kappa shape index (κ1) is 12.3. The molecule has 0 bridgehead atoms. The molecule has 2 heterocycles. The van der Waals surface area contributed by atoms with Crippen LogP contribution in [0.1, 0.15) is 10.4 Å². The molecule has 0 saturated carbocycles. The van der Waals surface area contributed by atoms with Crippen molar-refractivity contribution in [2.45, 2.75) is 0 Å². The second-order valence-electron chi connectivity index (χ2n) is 3.61. The van der Waals surface area contributed by atoms with Crippen molar-refractivity contribution in [3.05, 3.63) is 29.4 Å². The first-order valence-electron chi connectivity index (χ1n) is 4.97. The van der Waals surface area contributed by atoms with Gasteiger partial charge in [-0.25, -0.2) is 9.78 Å². The van der Waals surface area contributed by atoms with Crippen LogP contribution in [0.2, 0.25) is 5.28 Å². The minimum atomic E-state index is -1.11. The second kappa shape index (κ2) is 4.61. The highest BCUT2D eigenvalue weighted by atomic mass is 35.5. The zero-order chi connectivity index (χ0) is 13.3. The number of hydrogen-bond acceptors (Lipinski definition) is 5. The van der Waals surface area contributed by atoms with Crippen molar-refractivity contribution in [1.82, 2.24) is 19.7 Å². The number of carboxylic acid groups (broad SMARTS) is 1. The zero-order valence-electron chi connectivity index (χ0n) is 9.70. The van der Waals surface area contributed by atoms with Crippen molar-refractivity contribution in [2.75, 3.05) is 11.9 Å². The minimum absolute atomic E-state index is 0.00857. The Kier molecular flexibility index (Phi) is 3.15. The number of aromatic carboxylic acids is 1. The summed E-state index contributed by atoms with van der Waals surface area (Å²) in [5.41, 5.74) is 0.681. The van der Waals surface area contributed by atoms with Gasteiger partial charge in [0.25, 0.3) is 0 Å². The SMILES string of the molecule is CN(c1cnn(C)c1)c1nc(Cl)ncc1C(=O)O. The fourth-order valence-corrected chi connectivity index (χ4v) is 1.59. The summed E-state index contributed by atoms with van der Waals surface area (Å²) in [5, 5.41) is 13.1. The highest BCUT2D eigenvalue weighted by Crippen LogP contribution is 2.25. The van der Waals surface area contributed by atoms with Gasteiger partial charge in [0.2, 0.25) is 5.28 Å². The molecule has 0 unspecified atom stereocenters. The molecule has 0 amide bonds. The van der Waals surface area contributed by atoms with Crippen LogP contribution in [-0.4, -0.2) is 37.9 Å². The highest BCUT2D eigenvalue weighted by Gasteiger charge is 2.18. The number of anilines is 2. The molecule has 0 aliphatic carbocycles. The normalized spacial score (nSPS) is 10.4. The van der Waals surface area contributed by atoms with Crippen molar-refractivity contribution < 1.29 is 9.90 Å². The molecule has 94 valence electrons. The van der Waals surface area contributed by atoms with E-state index in [-0.39, 0.29) is 16.7 Å². The van der Waals surface area contributed by atoms with E-state index in [9.17, 15) is 4.79 Å². The molecule has 7 nitrogen and oxygen atoms in total. The Morgan fingerprint density at radius 2 is 2.22 bits per heavy atom. The largest absolute Gasteiger partial charge is 0.477 e. The standard InChI is InChI=1S/C10H10ClN5O2/c1-15-5-6(3-13-15)16(2)8-7(9(17)18)4-12-10(11)14-8/h3-5H,1-2H3,(H,17,18). The Balaban J connectivity index is 2.49. The predicted molar refractivity (Wildman–Crippen MR) is 65.3 cm³/mol. The van der Waals surface area contributed by atoms with Crippen LogP contribution in [0.25, 0.3) is 0 Å². The van der Waals surface area contributed by atoms with Gasteiger partial charge in [-0.2, -0.15) is 10.1 Å². The first-order chi connectivity index (χ1) is 8.49. The lowest BCUT2D eigenvalue weighted by molar-refractivity contribution is 0.0697. The summed E-state index contributed by atoms with van der Waals surface area (Å²) in [7, 11) is 3.45. The number of rotatable bonds is 3. The van der Waals surface area contributed by atoms with E-state index < -0.39 is 5.97 Å². The average Bonchev–Trinajstić information content (AvgIpc) is 2.74. The van der Waals surface area contributed by atoms with Crippen LogP contribution in [-0.2, 0) is 7.05 Å². The third-order valence-electron chi connectivity index (χ3n) is 2.37. The molecule has 0 radical (unpaired) electrons. The number of hydrogen-bond donors (Lipinski definition) is 1. The summed E-state index contributed by atoms with van der Waals surface area (Å²) < 4.78 is 1.61. The van der Waals surface area contributed by atoms with Crippen LogP contribution in [0, 0.1) is 0 Å². The third kappa shape index (κ3) is 2.25. The van der Waals surface area contributed by atoms with Gasteiger partial charge in [0.15, 0.2) is 5.82 Å². The monoisotopic (exact) mass is 267 g/mol. The summed E-state index contributed by atoms with van der Waals surface area (Å²) >= 11 is 5.70. The Morgan fingerprint density at radius 1 is 1.50 bits per heavy atom. The molecule has 0 fully saturated rings. The summed E-state index contributed by atoms with van der Waals surface area (Å²) in [6.07, 6.45) is 4.52. The first-order valence-corrected chi connectivity index (χ1v) is 5.35. The molecule has 8 heteroatoms. The number of carboxylic acids is 1. The Bertz CT molecular complexity index is 598. The van der Waals surface area contributed by atoms with Crippen LogP contribution in [0.5, 0.6) is 0 Å². The molecule has 0 aromatic carbocycles. The van der Waals surface area contributed by atoms with E-state index in [0.717, 1.165) is 0 Å². The van der Waals surface area contributed by atoms with Gasteiger partial charge in [0.05, 0.1) is 11.9 Å². The van der Waals surface area contributed by atoms with E-state index in [1.165, 1.54) is 6.20 Å². The van der Waals surface area contributed by atoms with Gasteiger partial charge in [-0.1, -0.05) is 0 Å². The predicted octanol–water partition coefficient (Wildman–Crippen LogP) is 1.33. The Labute approximate surface area is 108 Å². The Hall–Kier alpha value is -2.15. The lowest BCUT2D eigenvalue weighted by Crippen LogP contribution is -2.16. The topological polar surface area (TPSA) is 84.1 Å². The van der Waals surface area contributed by atoms with Crippen molar-refractivity contribution in [3.8, 4) is 0 Å². The lowest BCUT2D eigenvalue weighted by atomic mass is 10.3. The summed E-state index contributed by atoms with van der Waals surface area (Å²) in [5.74, 6) is -0.895. The fourth-order valence-electron chi connectivity index (χ4n) is 1.46. The zero-order valence-corrected chi connectivity index (χ0v) is 10.5. The molecule has 0 saturated heterocycles. The number of halogens is 1. The van der Waals surface area contributed by atoms with E-state index in [1.807, 2.05) is 0 Å².